The molecule has 0 saturated carbocycles. The lowest BCUT2D eigenvalue weighted by Gasteiger charge is -2.32. The molecule has 0 aliphatic rings. The summed E-state index contributed by atoms with van der Waals surface area (Å²) in [5.74, 6) is 0. The molecule has 3 nitrogen and oxygen atoms in total. The third-order valence-electron chi connectivity index (χ3n) is 12.7. The topological polar surface area (TPSA) is 19.6 Å². The summed E-state index contributed by atoms with van der Waals surface area (Å²) in [6.07, 6.45) is 0. The molecule has 5 heteroatoms. The normalized spacial score (nSPS) is 12.3. The molecule has 0 atom stereocenters. The zero-order valence-corrected chi connectivity index (χ0v) is 38.8. The van der Waals surface area contributed by atoms with Crippen LogP contribution >= 0.6 is 0 Å². The van der Waals surface area contributed by atoms with Crippen LogP contribution in [0.15, 0.2) is 199 Å². The molecule has 0 unspecified atom stereocenters. The van der Waals surface area contributed by atoms with Gasteiger partial charge >= 0.3 is 0 Å². The van der Waals surface area contributed by atoms with E-state index in [2.05, 4.69) is 243 Å². The third-order valence-corrected chi connectivity index (χ3v) is 16.7. The first-order valence-corrected chi connectivity index (χ1v) is 29.1. The summed E-state index contributed by atoms with van der Waals surface area (Å²) in [5.41, 5.74) is 8.83. The Labute approximate surface area is 371 Å². The quantitative estimate of drug-likeness (QED) is 0.142. The SMILES string of the molecule is C[Si](C)(C)c1c(N(c2ccccc2)c2ccc3cc4c(cc3c2)oc2cc3cc(N(c5ccccc5)c5ccc6ccccc6c5[Si](C)(C)C)ccc3cc24)ccc2ccccc12. The van der Waals surface area contributed by atoms with Gasteiger partial charge in [-0.3, -0.25) is 0 Å². The number of rotatable bonds is 8. The molecule has 0 spiro atoms. The lowest BCUT2D eigenvalue weighted by molar-refractivity contribution is 0.670. The molecule has 0 aliphatic carbocycles. The molecule has 1 aromatic heterocycles. The minimum atomic E-state index is -1.82. The van der Waals surface area contributed by atoms with E-state index in [1.54, 1.807) is 0 Å². The van der Waals surface area contributed by atoms with Gasteiger partial charge in [0.2, 0.25) is 0 Å². The van der Waals surface area contributed by atoms with E-state index in [0.29, 0.717) is 0 Å². The average molecular weight is 847 g/mol. The maximum absolute atomic E-state index is 6.82. The van der Waals surface area contributed by atoms with Crippen LogP contribution in [0, 0.1) is 0 Å². The number of anilines is 6. The van der Waals surface area contributed by atoms with Crippen LogP contribution in [-0.4, -0.2) is 16.1 Å². The van der Waals surface area contributed by atoms with Gasteiger partial charge in [0, 0.05) is 44.9 Å². The molecule has 306 valence electrons. The van der Waals surface area contributed by atoms with Crippen LogP contribution in [0.1, 0.15) is 0 Å². The fourth-order valence-corrected chi connectivity index (χ4v) is 14.0. The molecular weight excluding hydrogens is 797 g/mol. The van der Waals surface area contributed by atoms with Crippen LogP contribution in [0.25, 0.3) is 65.0 Å². The van der Waals surface area contributed by atoms with Crippen molar-refractivity contribution in [1.82, 2.24) is 0 Å². The largest absolute Gasteiger partial charge is 0.456 e. The van der Waals surface area contributed by atoms with Gasteiger partial charge in [-0.05, 0) is 138 Å². The van der Waals surface area contributed by atoms with E-state index < -0.39 is 16.1 Å². The predicted octanol–water partition coefficient (Wildman–Crippen LogP) is 16.2. The second-order valence-electron chi connectivity index (χ2n) is 19.1. The Morgan fingerprint density at radius 3 is 1.10 bits per heavy atom. The Morgan fingerprint density at radius 1 is 0.302 bits per heavy atom. The van der Waals surface area contributed by atoms with Crippen LogP contribution in [-0.2, 0) is 0 Å². The molecule has 0 N–H and O–H groups in total. The molecule has 1 heterocycles. The number of hydrogen-bond donors (Lipinski definition) is 0. The predicted molar refractivity (Wildman–Crippen MR) is 279 cm³/mol. The Morgan fingerprint density at radius 2 is 0.683 bits per heavy atom. The van der Waals surface area contributed by atoms with Crippen molar-refractivity contribution in [2.45, 2.75) is 39.3 Å². The van der Waals surface area contributed by atoms with Crippen molar-refractivity contribution >= 4 is 126 Å². The van der Waals surface area contributed by atoms with Crippen molar-refractivity contribution in [2.75, 3.05) is 9.80 Å². The van der Waals surface area contributed by atoms with Gasteiger partial charge in [-0.1, -0.05) is 148 Å². The number of nitrogens with zero attached hydrogens (tertiary/aromatic N) is 2. The van der Waals surface area contributed by atoms with Crippen LogP contribution in [0.5, 0.6) is 0 Å². The van der Waals surface area contributed by atoms with E-state index in [1.807, 2.05) is 0 Å². The molecule has 63 heavy (non-hydrogen) atoms. The highest BCUT2D eigenvalue weighted by Gasteiger charge is 2.29. The molecule has 11 aromatic rings. The maximum Gasteiger partial charge on any atom is 0.136 e. The number of hydrogen-bond acceptors (Lipinski definition) is 3. The zero-order valence-electron chi connectivity index (χ0n) is 36.8. The van der Waals surface area contributed by atoms with Crippen molar-refractivity contribution < 1.29 is 4.42 Å². The Kier molecular flexibility index (Phi) is 9.19. The lowest BCUT2D eigenvalue weighted by atomic mass is 10.0. The third kappa shape index (κ3) is 6.80. The highest BCUT2D eigenvalue weighted by Crippen LogP contribution is 2.42. The highest BCUT2D eigenvalue weighted by atomic mass is 28.3. The molecule has 0 radical (unpaired) electrons. The molecule has 10 aromatic carbocycles. The number of benzene rings is 10. The minimum Gasteiger partial charge on any atom is -0.456 e. The van der Waals surface area contributed by atoms with E-state index >= 15 is 0 Å². The van der Waals surface area contributed by atoms with Crippen LogP contribution in [0.2, 0.25) is 39.3 Å². The second kappa shape index (κ2) is 14.9. The molecule has 0 bridgehead atoms. The van der Waals surface area contributed by atoms with E-state index in [-0.39, 0.29) is 0 Å². The lowest BCUT2D eigenvalue weighted by Crippen LogP contribution is -2.41. The molecule has 0 amide bonds. The van der Waals surface area contributed by atoms with E-state index in [0.717, 1.165) is 55.5 Å². The summed E-state index contributed by atoms with van der Waals surface area (Å²) in [7, 11) is -3.65. The molecule has 0 aliphatic heterocycles. The summed E-state index contributed by atoms with van der Waals surface area (Å²) in [6.45, 7) is 14.7. The van der Waals surface area contributed by atoms with Gasteiger partial charge in [0.1, 0.15) is 11.2 Å². The molecule has 0 fully saturated rings. The number of para-hydroxylation sites is 2. The molecule has 11 rings (SSSR count). The van der Waals surface area contributed by atoms with Gasteiger partial charge in [0.15, 0.2) is 0 Å². The van der Waals surface area contributed by atoms with Crippen molar-refractivity contribution in [3.05, 3.63) is 194 Å². The van der Waals surface area contributed by atoms with E-state index in [9.17, 15) is 0 Å². The zero-order chi connectivity index (χ0) is 43.0. The summed E-state index contributed by atoms with van der Waals surface area (Å²) >= 11 is 0. The summed E-state index contributed by atoms with van der Waals surface area (Å²) in [6, 6.07) is 71.4. The monoisotopic (exact) mass is 846 g/mol. The first-order valence-electron chi connectivity index (χ1n) is 22.1. The van der Waals surface area contributed by atoms with Crippen LogP contribution < -0.4 is 20.2 Å². The van der Waals surface area contributed by atoms with Crippen molar-refractivity contribution in [3.63, 3.8) is 0 Å². The Balaban J connectivity index is 1.05. The van der Waals surface area contributed by atoms with Gasteiger partial charge in [-0.2, -0.15) is 0 Å². The van der Waals surface area contributed by atoms with Gasteiger partial charge in [0.05, 0.1) is 16.1 Å². The van der Waals surface area contributed by atoms with Gasteiger partial charge in [-0.15, -0.1) is 0 Å². The van der Waals surface area contributed by atoms with Crippen molar-refractivity contribution in [1.29, 1.82) is 0 Å². The van der Waals surface area contributed by atoms with Crippen LogP contribution in [0.3, 0.4) is 0 Å². The van der Waals surface area contributed by atoms with E-state index in [1.165, 1.54) is 54.1 Å². The molecule has 0 saturated heterocycles. The number of fused-ring (bicyclic) bond motifs is 7. The first kappa shape index (κ1) is 39.0. The fraction of sp³-hybridized carbons (Fsp3) is 0.103. The average Bonchev–Trinajstić information content (AvgIpc) is 3.62. The number of furan rings is 1. The molecular formula is C58H50N2OSi2. The first-order chi connectivity index (χ1) is 30.5. The van der Waals surface area contributed by atoms with Gasteiger partial charge in [-0.25, -0.2) is 0 Å². The highest BCUT2D eigenvalue weighted by molar-refractivity contribution is 6.92. The van der Waals surface area contributed by atoms with Crippen LogP contribution in [0.4, 0.5) is 34.1 Å². The van der Waals surface area contributed by atoms with Gasteiger partial charge < -0.3 is 14.2 Å². The fourth-order valence-electron chi connectivity index (χ4n) is 9.99. The Bertz CT molecular complexity index is 3310. The summed E-state index contributed by atoms with van der Waals surface area (Å²) in [4.78, 5) is 4.91. The summed E-state index contributed by atoms with van der Waals surface area (Å²) < 4.78 is 6.82. The summed E-state index contributed by atoms with van der Waals surface area (Å²) in [5, 5.41) is 15.1. The Hall–Kier alpha value is -6.93. The van der Waals surface area contributed by atoms with E-state index in [4.69, 9.17) is 4.42 Å². The minimum absolute atomic E-state index is 0.895. The standard InChI is InChI=1S/C58H50N2OSi2/c1-62(2,3)57-49-23-15-13-17-39(49)27-31-53(57)59(45-19-9-7-10-20-45)47-29-25-41-35-51-52-36-42-26-30-48(34-44(42)38-56(52)61-55(51)37-43(41)33-47)60(46-21-11-8-12-22-46)54-32-28-40-18-14-16-24-50(40)58(54)63(4,5)6/h7-38H,1-6H3. The van der Waals surface area contributed by atoms with Crippen molar-refractivity contribution in [3.8, 4) is 0 Å². The van der Waals surface area contributed by atoms with Gasteiger partial charge in [0.25, 0.3) is 0 Å². The maximum atomic E-state index is 6.82. The second-order valence-corrected chi connectivity index (χ2v) is 29.1. The van der Waals surface area contributed by atoms with Crippen molar-refractivity contribution in [2.24, 2.45) is 0 Å². The smallest absolute Gasteiger partial charge is 0.136 e.